The summed E-state index contributed by atoms with van der Waals surface area (Å²) in [5, 5.41) is 1.14. The number of aliphatic imine (C=N–C) groups is 1. The predicted octanol–water partition coefficient (Wildman–Crippen LogP) is 7.88. The molecule has 4 nitrogen and oxygen atoms in total. The average Bonchev–Trinajstić information content (AvgIpc) is 2.74. The van der Waals surface area contributed by atoms with Crippen LogP contribution >= 0.6 is 39.1 Å². The first-order valence-corrected chi connectivity index (χ1v) is 11.3. The Morgan fingerprint density at radius 3 is 2.32 bits per heavy atom. The molecule has 0 amide bonds. The monoisotopic (exact) mass is 521 g/mol. The lowest BCUT2D eigenvalue weighted by atomic mass is 10.2. The van der Waals surface area contributed by atoms with E-state index >= 15 is 0 Å². The van der Waals surface area contributed by atoms with Gasteiger partial charge in [-0.15, -0.1) is 0 Å². The van der Waals surface area contributed by atoms with E-state index in [4.69, 9.17) is 37.4 Å². The summed E-state index contributed by atoms with van der Waals surface area (Å²) in [4.78, 5) is 4.54. The Labute approximate surface area is 200 Å². The van der Waals surface area contributed by atoms with E-state index < -0.39 is 0 Å². The number of hydrogen-bond donors (Lipinski definition) is 0. The molecular weight excluding hydrogens is 501 g/mol. The molecule has 0 aliphatic heterocycles. The first-order valence-electron chi connectivity index (χ1n) is 9.80. The molecule has 0 aromatic heterocycles. The summed E-state index contributed by atoms with van der Waals surface area (Å²) < 4.78 is 18.0. The fourth-order valence-electron chi connectivity index (χ4n) is 2.80. The molecule has 0 saturated heterocycles. The lowest BCUT2D eigenvalue weighted by molar-refractivity contribution is 0.267. The highest BCUT2D eigenvalue weighted by Gasteiger charge is 2.13. The largest absolute Gasteiger partial charge is 0.494 e. The van der Waals surface area contributed by atoms with Gasteiger partial charge in [0.1, 0.15) is 12.4 Å². The highest BCUT2D eigenvalue weighted by atomic mass is 79.9. The molecule has 0 aliphatic carbocycles. The Morgan fingerprint density at radius 1 is 0.903 bits per heavy atom. The smallest absolute Gasteiger partial charge is 0.175 e. The van der Waals surface area contributed by atoms with Crippen LogP contribution in [0.25, 0.3) is 0 Å². The molecule has 0 aliphatic rings. The molecule has 3 aromatic carbocycles. The number of benzene rings is 3. The topological polar surface area (TPSA) is 40.0 Å². The summed E-state index contributed by atoms with van der Waals surface area (Å²) in [6.07, 6.45) is 1.78. The molecule has 0 spiro atoms. The van der Waals surface area contributed by atoms with Crippen LogP contribution in [0.15, 0.2) is 64.1 Å². The third-order valence-corrected chi connectivity index (χ3v) is 5.41. The molecule has 0 bridgehead atoms. The van der Waals surface area contributed by atoms with E-state index in [1.54, 1.807) is 18.3 Å². The molecule has 0 fully saturated rings. The Bertz CT molecular complexity index is 1060. The van der Waals surface area contributed by atoms with Crippen molar-refractivity contribution in [2.45, 2.75) is 20.5 Å². The number of halogens is 3. The maximum absolute atomic E-state index is 6.26. The van der Waals surface area contributed by atoms with Crippen LogP contribution < -0.4 is 14.2 Å². The quantitative estimate of drug-likeness (QED) is 0.268. The van der Waals surface area contributed by atoms with Gasteiger partial charge in [-0.1, -0.05) is 29.3 Å². The van der Waals surface area contributed by atoms with Crippen molar-refractivity contribution >= 4 is 51.0 Å². The molecule has 0 N–H and O–H groups in total. The van der Waals surface area contributed by atoms with Crippen LogP contribution in [0, 0.1) is 0 Å². The van der Waals surface area contributed by atoms with E-state index in [1.807, 2.05) is 56.3 Å². The van der Waals surface area contributed by atoms with Crippen LogP contribution in [-0.4, -0.2) is 19.4 Å². The van der Waals surface area contributed by atoms with Crippen molar-refractivity contribution in [3.63, 3.8) is 0 Å². The van der Waals surface area contributed by atoms with Gasteiger partial charge in [-0.3, -0.25) is 4.99 Å². The van der Waals surface area contributed by atoms with E-state index in [0.717, 1.165) is 27.0 Å². The second-order valence-corrected chi connectivity index (χ2v) is 8.17. The van der Waals surface area contributed by atoms with E-state index in [-0.39, 0.29) is 6.61 Å². The molecule has 162 valence electrons. The van der Waals surface area contributed by atoms with Gasteiger partial charge < -0.3 is 14.2 Å². The van der Waals surface area contributed by atoms with Crippen LogP contribution in [-0.2, 0) is 6.61 Å². The van der Waals surface area contributed by atoms with Crippen LogP contribution in [0.3, 0.4) is 0 Å². The van der Waals surface area contributed by atoms with Crippen molar-refractivity contribution in [3.8, 4) is 17.2 Å². The first-order chi connectivity index (χ1) is 15.0. The lowest BCUT2D eigenvalue weighted by Gasteiger charge is -2.15. The van der Waals surface area contributed by atoms with E-state index in [2.05, 4.69) is 20.9 Å². The van der Waals surface area contributed by atoms with E-state index in [9.17, 15) is 0 Å². The molecule has 0 unspecified atom stereocenters. The normalized spacial score (nSPS) is 11.0. The van der Waals surface area contributed by atoms with Crippen LogP contribution in [0.4, 0.5) is 5.69 Å². The van der Waals surface area contributed by atoms with Gasteiger partial charge in [0, 0.05) is 21.8 Å². The predicted molar refractivity (Wildman–Crippen MR) is 131 cm³/mol. The highest BCUT2D eigenvalue weighted by molar-refractivity contribution is 9.10. The molecule has 0 saturated carbocycles. The van der Waals surface area contributed by atoms with E-state index in [0.29, 0.717) is 34.8 Å². The minimum absolute atomic E-state index is 0.286. The highest BCUT2D eigenvalue weighted by Crippen LogP contribution is 2.37. The maximum atomic E-state index is 6.26. The van der Waals surface area contributed by atoms with Crippen LogP contribution in [0.5, 0.6) is 17.2 Å². The Hall–Kier alpha value is -2.21. The van der Waals surface area contributed by atoms with Crippen molar-refractivity contribution in [3.05, 3.63) is 80.2 Å². The summed E-state index contributed by atoms with van der Waals surface area (Å²) in [5.74, 6) is 2.05. The van der Waals surface area contributed by atoms with Gasteiger partial charge in [0.25, 0.3) is 0 Å². The molecule has 0 atom stereocenters. The van der Waals surface area contributed by atoms with Crippen molar-refractivity contribution < 1.29 is 14.2 Å². The van der Waals surface area contributed by atoms with Crippen LogP contribution in [0.2, 0.25) is 10.0 Å². The standard InChI is InChI=1S/C24H22BrCl2NO3/c1-3-29-20-9-7-19(8-10-20)28-14-16-11-21(25)24(23(12-16)30-4-2)31-15-17-5-6-18(26)13-22(17)27/h5-14H,3-4,15H2,1-2H3. The average molecular weight is 523 g/mol. The van der Waals surface area contributed by atoms with Gasteiger partial charge in [0.2, 0.25) is 0 Å². The first kappa shape index (κ1) is 23.5. The third kappa shape index (κ3) is 6.63. The summed E-state index contributed by atoms with van der Waals surface area (Å²) in [5.41, 5.74) is 2.54. The molecular formula is C24H22BrCl2NO3. The van der Waals surface area contributed by atoms with Gasteiger partial charge in [0.05, 0.1) is 23.4 Å². The van der Waals surface area contributed by atoms with Crippen molar-refractivity contribution in [1.82, 2.24) is 0 Å². The van der Waals surface area contributed by atoms with Crippen molar-refractivity contribution in [2.24, 2.45) is 4.99 Å². The molecule has 0 radical (unpaired) electrons. The summed E-state index contributed by atoms with van der Waals surface area (Å²) >= 11 is 15.8. The molecule has 3 aromatic rings. The van der Waals surface area contributed by atoms with Gasteiger partial charge >= 0.3 is 0 Å². The molecule has 31 heavy (non-hydrogen) atoms. The zero-order valence-corrected chi connectivity index (χ0v) is 20.3. The molecule has 7 heteroatoms. The number of rotatable bonds is 9. The third-order valence-electron chi connectivity index (χ3n) is 4.23. The Kier molecular flexibility index (Phi) is 8.64. The number of nitrogens with zero attached hydrogens (tertiary/aromatic N) is 1. The van der Waals surface area contributed by atoms with Gasteiger partial charge in [-0.25, -0.2) is 0 Å². The van der Waals surface area contributed by atoms with E-state index in [1.165, 1.54) is 0 Å². The SMILES string of the molecule is CCOc1ccc(N=Cc2cc(Br)c(OCc3ccc(Cl)cc3Cl)c(OCC)c2)cc1. The Balaban J connectivity index is 1.79. The summed E-state index contributed by atoms with van der Waals surface area (Å²) in [7, 11) is 0. The van der Waals surface area contributed by atoms with Gasteiger partial charge in [0.15, 0.2) is 11.5 Å². The number of hydrogen-bond acceptors (Lipinski definition) is 4. The molecule has 3 rings (SSSR count). The lowest BCUT2D eigenvalue weighted by Crippen LogP contribution is -2.02. The Morgan fingerprint density at radius 2 is 1.65 bits per heavy atom. The second kappa shape index (κ2) is 11.4. The van der Waals surface area contributed by atoms with Crippen LogP contribution in [0.1, 0.15) is 25.0 Å². The zero-order chi connectivity index (χ0) is 22.2. The maximum Gasteiger partial charge on any atom is 0.175 e. The minimum Gasteiger partial charge on any atom is -0.494 e. The fraction of sp³-hybridized carbons (Fsp3) is 0.208. The van der Waals surface area contributed by atoms with Gasteiger partial charge in [-0.2, -0.15) is 0 Å². The fourth-order valence-corrected chi connectivity index (χ4v) is 3.84. The summed E-state index contributed by atoms with van der Waals surface area (Å²) in [6, 6.07) is 16.8. The minimum atomic E-state index is 0.286. The van der Waals surface area contributed by atoms with Crippen molar-refractivity contribution in [1.29, 1.82) is 0 Å². The number of ether oxygens (including phenoxy) is 3. The van der Waals surface area contributed by atoms with Crippen molar-refractivity contribution in [2.75, 3.05) is 13.2 Å². The van der Waals surface area contributed by atoms with Gasteiger partial charge in [-0.05, 0) is 83.9 Å². The zero-order valence-electron chi connectivity index (χ0n) is 17.2. The second-order valence-electron chi connectivity index (χ2n) is 6.47. The molecule has 0 heterocycles. The summed E-state index contributed by atoms with van der Waals surface area (Å²) in [6.45, 7) is 5.31.